The third kappa shape index (κ3) is 2.29. The van der Waals surface area contributed by atoms with Crippen LogP contribution < -0.4 is 0 Å². The fourth-order valence-electron chi connectivity index (χ4n) is 5.58. The van der Waals surface area contributed by atoms with E-state index in [-0.39, 0.29) is 22.5 Å². The van der Waals surface area contributed by atoms with Crippen molar-refractivity contribution >= 4 is 44.2 Å². The number of aromatic nitrogens is 4. The van der Waals surface area contributed by atoms with Crippen molar-refractivity contribution in [1.29, 1.82) is 10.5 Å². The Kier molecular flexibility index (Phi) is 3.54. The highest BCUT2D eigenvalue weighted by Crippen LogP contribution is 2.54. The molecule has 0 bridgehead atoms. The zero-order chi connectivity index (χ0) is 25.7. The first-order valence-corrected chi connectivity index (χ1v) is 11.5. The third-order valence-corrected chi connectivity index (χ3v) is 7.23. The van der Waals surface area contributed by atoms with Crippen LogP contribution >= 0.6 is 0 Å². The summed E-state index contributed by atoms with van der Waals surface area (Å²) in [7, 11) is 0. The van der Waals surface area contributed by atoms with E-state index in [4.69, 9.17) is 33.1 Å². The quantitative estimate of drug-likeness (QED) is 0.219. The standard InChI is InChI=1S/C30H8N8/c1-33-19-9-23-24(10-20(19)34-2)38-30-18-6-4-16-25-15(3-5-17(26(18)25)29(30)37-23)27-28(16)36-22-8-14(12-32)13(11-31)7-21(22)35-27/h3-10H. The van der Waals surface area contributed by atoms with Crippen LogP contribution in [0.1, 0.15) is 11.1 Å². The molecule has 2 aliphatic rings. The van der Waals surface area contributed by atoms with Crippen LogP contribution in [0.2, 0.25) is 0 Å². The first kappa shape index (κ1) is 20.0. The van der Waals surface area contributed by atoms with Gasteiger partial charge in [-0.05, 0) is 24.3 Å². The third-order valence-electron chi connectivity index (χ3n) is 7.23. The molecule has 2 aromatic heterocycles. The maximum absolute atomic E-state index is 9.46. The van der Waals surface area contributed by atoms with Gasteiger partial charge < -0.3 is 0 Å². The molecule has 0 saturated heterocycles. The topological polar surface area (TPSA) is 108 Å². The predicted molar refractivity (Wildman–Crippen MR) is 141 cm³/mol. The van der Waals surface area contributed by atoms with E-state index in [2.05, 4.69) is 21.8 Å². The number of fused-ring (bicyclic) bond motifs is 8. The monoisotopic (exact) mass is 480 g/mol. The fraction of sp³-hybridized carbons (Fsp3) is 0. The lowest BCUT2D eigenvalue weighted by Gasteiger charge is -2.06. The van der Waals surface area contributed by atoms with Crippen LogP contribution in [0.5, 0.6) is 0 Å². The molecule has 0 saturated carbocycles. The predicted octanol–water partition coefficient (Wildman–Crippen LogP) is 6.87. The van der Waals surface area contributed by atoms with E-state index in [9.17, 15) is 10.5 Å². The van der Waals surface area contributed by atoms with Gasteiger partial charge in [-0.25, -0.2) is 19.9 Å². The molecule has 0 unspecified atom stereocenters. The Morgan fingerprint density at radius 3 is 1.13 bits per heavy atom. The lowest BCUT2D eigenvalue weighted by atomic mass is 9.99. The average Bonchev–Trinajstić information content (AvgIpc) is 3.44. The molecule has 0 radical (unpaired) electrons. The largest absolute Gasteiger partial charge is 0.250 e. The summed E-state index contributed by atoms with van der Waals surface area (Å²) in [6, 6.07) is 18.7. The minimum Gasteiger partial charge on any atom is -0.250 e. The van der Waals surface area contributed by atoms with Gasteiger partial charge in [0.15, 0.2) is 11.4 Å². The minimum atomic E-state index is 0.261. The molecule has 0 amide bonds. The Morgan fingerprint density at radius 1 is 0.526 bits per heavy atom. The van der Waals surface area contributed by atoms with Crippen LogP contribution in [-0.4, -0.2) is 19.9 Å². The number of benzene rings is 4. The van der Waals surface area contributed by atoms with E-state index in [0.717, 1.165) is 55.8 Å². The molecule has 0 atom stereocenters. The summed E-state index contributed by atoms with van der Waals surface area (Å²) in [6.45, 7) is 14.8. The van der Waals surface area contributed by atoms with Crippen LogP contribution in [0.4, 0.5) is 11.4 Å². The van der Waals surface area contributed by atoms with E-state index in [1.165, 1.54) is 0 Å². The Morgan fingerprint density at radius 2 is 0.842 bits per heavy atom. The van der Waals surface area contributed by atoms with Crippen LogP contribution in [0.25, 0.3) is 87.6 Å². The van der Waals surface area contributed by atoms with Crippen molar-refractivity contribution in [3.63, 3.8) is 0 Å². The molecular weight excluding hydrogens is 472 g/mol. The molecule has 2 aliphatic carbocycles. The lowest BCUT2D eigenvalue weighted by molar-refractivity contribution is 1.30. The number of nitrogens with zero attached hydrogens (tertiary/aromatic N) is 8. The summed E-state index contributed by atoms with van der Waals surface area (Å²) in [5, 5.41) is 20.9. The second-order valence-electron chi connectivity index (χ2n) is 9.08. The Bertz CT molecular complexity index is 2010. The lowest BCUT2D eigenvalue weighted by Crippen LogP contribution is -1.94. The number of hydrogen-bond acceptors (Lipinski definition) is 6. The fourth-order valence-corrected chi connectivity index (χ4v) is 5.58. The molecule has 6 aromatic rings. The molecule has 0 aliphatic heterocycles. The van der Waals surface area contributed by atoms with E-state index in [0.29, 0.717) is 22.1 Å². The van der Waals surface area contributed by atoms with Gasteiger partial charge in [0.25, 0.3) is 0 Å². The summed E-state index contributed by atoms with van der Waals surface area (Å²) < 4.78 is 0. The first-order chi connectivity index (χ1) is 18.6. The zero-order valence-corrected chi connectivity index (χ0v) is 19.2. The van der Waals surface area contributed by atoms with Gasteiger partial charge in [0.05, 0.1) is 69.1 Å². The van der Waals surface area contributed by atoms with Crippen LogP contribution in [0, 0.1) is 35.8 Å². The Labute approximate surface area is 214 Å². The second kappa shape index (κ2) is 6.71. The number of nitriles is 2. The van der Waals surface area contributed by atoms with Crippen molar-refractivity contribution in [1.82, 2.24) is 19.9 Å². The summed E-state index contributed by atoms with van der Waals surface area (Å²) in [6.07, 6.45) is 0. The molecule has 168 valence electrons. The highest BCUT2D eigenvalue weighted by Gasteiger charge is 2.33. The molecular formula is C30H8N8. The molecule has 8 rings (SSSR count). The first-order valence-electron chi connectivity index (χ1n) is 11.5. The number of rotatable bonds is 0. The smallest absolute Gasteiger partial charge is 0.196 e. The minimum absolute atomic E-state index is 0.261. The number of hydrogen-bond donors (Lipinski definition) is 0. The van der Waals surface area contributed by atoms with Crippen molar-refractivity contribution in [2.75, 3.05) is 0 Å². The Hall–Kier alpha value is -6.22. The van der Waals surface area contributed by atoms with Gasteiger partial charge in [-0.2, -0.15) is 10.5 Å². The highest BCUT2D eigenvalue weighted by atomic mass is 14.9. The van der Waals surface area contributed by atoms with Crippen molar-refractivity contribution in [3.05, 3.63) is 82.5 Å². The van der Waals surface area contributed by atoms with E-state index in [1.807, 2.05) is 24.3 Å². The maximum atomic E-state index is 9.46. The molecule has 8 heteroatoms. The van der Waals surface area contributed by atoms with E-state index in [1.54, 1.807) is 24.3 Å². The SMILES string of the molecule is [C-]#[N+]c1cc2nc3c(nc2cc1[N+]#[C-])-c1ccc2c4c(ccc-3c14)-c1nc3cc(C#N)c(C#N)cc3nc1-2. The molecule has 0 fully saturated rings. The van der Waals surface area contributed by atoms with Crippen molar-refractivity contribution < 1.29 is 0 Å². The van der Waals surface area contributed by atoms with Gasteiger partial charge in [-0.3, -0.25) is 9.69 Å². The van der Waals surface area contributed by atoms with Crippen LogP contribution in [-0.2, 0) is 0 Å². The van der Waals surface area contributed by atoms with Crippen LogP contribution in [0.15, 0.2) is 48.5 Å². The van der Waals surface area contributed by atoms with Crippen molar-refractivity contribution in [2.24, 2.45) is 0 Å². The maximum Gasteiger partial charge on any atom is 0.196 e. The summed E-state index contributed by atoms with van der Waals surface area (Å²) in [5.74, 6) is 0. The van der Waals surface area contributed by atoms with Gasteiger partial charge in [0.2, 0.25) is 0 Å². The van der Waals surface area contributed by atoms with Gasteiger partial charge in [0, 0.05) is 33.0 Å². The zero-order valence-electron chi connectivity index (χ0n) is 19.2. The summed E-state index contributed by atoms with van der Waals surface area (Å²) >= 11 is 0. The highest BCUT2D eigenvalue weighted by molar-refractivity contribution is 6.25. The summed E-state index contributed by atoms with van der Waals surface area (Å²) in [5.41, 5.74) is 10.0. The second-order valence-corrected chi connectivity index (χ2v) is 9.08. The molecule has 0 spiro atoms. The van der Waals surface area contributed by atoms with Crippen molar-refractivity contribution in [2.45, 2.75) is 0 Å². The van der Waals surface area contributed by atoms with Crippen LogP contribution in [0.3, 0.4) is 0 Å². The Balaban J connectivity index is 1.42. The van der Waals surface area contributed by atoms with Gasteiger partial charge in [-0.15, -0.1) is 0 Å². The molecule has 8 nitrogen and oxygen atoms in total. The molecule has 2 heterocycles. The van der Waals surface area contributed by atoms with E-state index < -0.39 is 0 Å². The van der Waals surface area contributed by atoms with Gasteiger partial charge in [0.1, 0.15) is 12.1 Å². The van der Waals surface area contributed by atoms with Gasteiger partial charge >= 0.3 is 0 Å². The summed E-state index contributed by atoms with van der Waals surface area (Å²) in [4.78, 5) is 26.5. The van der Waals surface area contributed by atoms with Crippen molar-refractivity contribution in [3.8, 4) is 57.2 Å². The van der Waals surface area contributed by atoms with E-state index >= 15 is 0 Å². The normalized spacial score (nSPS) is 11.6. The molecule has 0 N–H and O–H groups in total. The molecule has 38 heavy (non-hydrogen) atoms. The average molecular weight is 480 g/mol. The molecule has 4 aromatic carbocycles. The van der Waals surface area contributed by atoms with Gasteiger partial charge in [-0.1, -0.05) is 24.3 Å².